The number of anilines is 1. The summed E-state index contributed by atoms with van der Waals surface area (Å²) in [5.74, 6) is 1.31. The monoisotopic (exact) mass is 329 g/mol. The van der Waals surface area contributed by atoms with Gasteiger partial charge in [-0.1, -0.05) is 13.8 Å². The highest BCUT2D eigenvalue weighted by Gasteiger charge is 2.17. The Bertz CT molecular complexity index is 821. The molecule has 0 aliphatic carbocycles. The van der Waals surface area contributed by atoms with E-state index in [0.717, 1.165) is 35.3 Å². The minimum Gasteiger partial charge on any atom is -0.357 e. The molecule has 0 radical (unpaired) electrons. The number of aldehydes is 1. The summed E-state index contributed by atoms with van der Waals surface area (Å²) in [5.41, 5.74) is 1.24. The quantitative estimate of drug-likeness (QED) is 0.649. The highest BCUT2D eigenvalue weighted by atomic mass is 32.1. The van der Waals surface area contributed by atoms with Gasteiger partial charge in [-0.3, -0.25) is 4.79 Å². The number of fused-ring (bicyclic) bond motifs is 1. The summed E-state index contributed by atoms with van der Waals surface area (Å²) >= 11 is 1.58. The van der Waals surface area contributed by atoms with Crippen LogP contribution in [0.4, 0.5) is 5.82 Å². The minimum absolute atomic E-state index is 0.381. The van der Waals surface area contributed by atoms with E-state index >= 15 is 0 Å². The molecule has 0 spiro atoms. The minimum atomic E-state index is 0.381. The van der Waals surface area contributed by atoms with E-state index in [4.69, 9.17) is 0 Å². The topological polar surface area (TPSA) is 63.4 Å². The van der Waals surface area contributed by atoms with Crippen molar-refractivity contribution < 1.29 is 4.79 Å². The van der Waals surface area contributed by atoms with Gasteiger partial charge in [0.2, 0.25) is 0 Å². The van der Waals surface area contributed by atoms with Crippen molar-refractivity contribution in [2.75, 3.05) is 11.9 Å². The first-order chi connectivity index (χ1) is 11.2. The Balaban J connectivity index is 2.09. The standard InChI is InChI=1S/C16H19N5OS/c1-4-12(5-2)20(3)14-8-11(10-22)18-15(19-14)13-9-17-21-6-7-23-16(13)21/h6-10,12H,4-5H2,1-3H3. The third-order valence-corrected chi connectivity index (χ3v) is 4.97. The molecule has 7 heteroatoms. The van der Waals surface area contributed by atoms with Crippen LogP contribution in [-0.4, -0.2) is 39.0 Å². The molecule has 0 saturated heterocycles. The maximum absolute atomic E-state index is 11.3. The molecule has 6 nitrogen and oxygen atoms in total. The van der Waals surface area contributed by atoms with Gasteiger partial charge in [0.25, 0.3) is 0 Å². The van der Waals surface area contributed by atoms with E-state index in [2.05, 4.69) is 33.8 Å². The number of nitrogens with zero attached hydrogens (tertiary/aromatic N) is 5. The molecule has 0 N–H and O–H groups in total. The molecule has 0 fully saturated rings. The van der Waals surface area contributed by atoms with E-state index in [1.54, 1.807) is 28.1 Å². The summed E-state index contributed by atoms with van der Waals surface area (Å²) in [6.45, 7) is 4.31. The number of carbonyl (C=O) groups is 1. The highest BCUT2D eigenvalue weighted by Crippen LogP contribution is 2.27. The molecule has 0 bridgehead atoms. The SMILES string of the molecule is CCC(CC)N(C)c1cc(C=O)nc(-c2cnn3ccsc23)n1. The van der Waals surface area contributed by atoms with Crippen LogP contribution in [0.2, 0.25) is 0 Å². The molecule has 120 valence electrons. The first kappa shape index (κ1) is 15.6. The molecular weight excluding hydrogens is 310 g/mol. The molecule has 0 aliphatic rings. The second kappa shape index (κ2) is 6.45. The number of aromatic nitrogens is 4. The zero-order valence-electron chi connectivity index (χ0n) is 13.4. The van der Waals surface area contributed by atoms with Crippen molar-refractivity contribution >= 4 is 28.3 Å². The molecule has 3 aromatic rings. The van der Waals surface area contributed by atoms with Gasteiger partial charge in [-0.25, -0.2) is 14.5 Å². The van der Waals surface area contributed by atoms with Gasteiger partial charge in [0.15, 0.2) is 12.1 Å². The molecule has 3 heterocycles. The predicted octanol–water partition coefficient (Wildman–Crippen LogP) is 3.29. The number of carbonyl (C=O) groups excluding carboxylic acids is 1. The molecule has 0 atom stereocenters. The molecule has 0 unspecified atom stereocenters. The molecule has 0 amide bonds. The van der Waals surface area contributed by atoms with Crippen LogP contribution in [0.1, 0.15) is 37.2 Å². The van der Waals surface area contributed by atoms with Gasteiger partial charge in [-0.15, -0.1) is 11.3 Å². The summed E-state index contributed by atoms with van der Waals surface area (Å²) in [7, 11) is 2.01. The van der Waals surface area contributed by atoms with Gasteiger partial charge in [0.05, 0.1) is 11.8 Å². The smallest absolute Gasteiger partial charge is 0.168 e. The number of hydrogen-bond donors (Lipinski definition) is 0. The van der Waals surface area contributed by atoms with Gasteiger partial charge in [0.1, 0.15) is 16.3 Å². The van der Waals surface area contributed by atoms with Crippen LogP contribution >= 0.6 is 11.3 Å². The molecule has 0 aromatic carbocycles. The number of rotatable bonds is 6. The average Bonchev–Trinajstić information content (AvgIpc) is 3.18. The van der Waals surface area contributed by atoms with Crippen LogP contribution in [-0.2, 0) is 0 Å². The van der Waals surface area contributed by atoms with E-state index in [0.29, 0.717) is 17.6 Å². The fourth-order valence-electron chi connectivity index (χ4n) is 2.72. The highest BCUT2D eigenvalue weighted by molar-refractivity contribution is 7.16. The molecule has 23 heavy (non-hydrogen) atoms. The Kier molecular flexibility index (Phi) is 4.38. The molecule has 0 aliphatic heterocycles. The Morgan fingerprint density at radius 2 is 2.13 bits per heavy atom. The third-order valence-electron chi connectivity index (χ3n) is 4.08. The van der Waals surface area contributed by atoms with Crippen molar-refractivity contribution in [2.45, 2.75) is 32.7 Å². The first-order valence-corrected chi connectivity index (χ1v) is 8.54. The molecule has 3 rings (SSSR count). The predicted molar refractivity (Wildman–Crippen MR) is 92.3 cm³/mol. The van der Waals surface area contributed by atoms with Crippen molar-refractivity contribution in [1.29, 1.82) is 0 Å². The maximum Gasteiger partial charge on any atom is 0.168 e. The lowest BCUT2D eigenvalue weighted by Gasteiger charge is -2.27. The van der Waals surface area contributed by atoms with Crippen molar-refractivity contribution in [3.05, 3.63) is 29.5 Å². The first-order valence-electron chi connectivity index (χ1n) is 7.66. The third kappa shape index (κ3) is 2.84. The van der Waals surface area contributed by atoms with E-state index in [1.165, 1.54) is 0 Å². The van der Waals surface area contributed by atoms with Crippen molar-refractivity contribution in [2.24, 2.45) is 0 Å². The van der Waals surface area contributed by atoms with E-state index < -0.39 is 0 Å². The van der Waals surface area contributed by atoms with Crippen molar-refractivity contribution in [1.82, 2.24) is 19.6 Å². The normalized spacial score (nSPS) is 11.3. The fraction of sp³-hybridized carbons (Fsp3) is 0.375. The molecule has 3 aromatic heterocycles. The zero-order valence-corrected chi connectivity index (χ0v) is 14.2. The lowest BCUT2D eigenvalue weighted by Crippen LogP contribution is -2.31. The van der Waals surface area contributed by atoms with E-state index in [-0.39, 0.29) is 0 Å². The number of thiazole rings is 1. The summed E-state index contributed by atoms with van der Waals surface area (Å²) in [6, 6.07) is 2.12. The summed E-state index contributed by atoms with van der Waals surface area (Å²) in [6.07, 6.45) is 6.45. The van der Waals surface area contributed by atoms with Gasteiger partial charge in [0, 0.05) is 30.7 Å². The lowest BCUT2D eigenvalue weighted by atomic mass is 10.1. The Hall–Kier alpha value is -2.28. The van der Waals surface area contributed by atoms with Crippen LogP contribution in [0.5, 0.6) is 0 Å². The van der Waals surface area contributed by atoms with Gasteiger partial charge in [-0.05, 0) is 12.8 Å². The average molecular weight is 329 g/mol. The Labute approximate surface area is 138 Å². The lowest BCUT2D eigenvalue weighted by molar-refractivity contribution is 0.111. The van der Waals surface area contributed by atoms with Crippen LogP contribution in [0.15, 0.2) is 23.8 Å². The fourth-order valence-corrected chi connectivity index (χ4v) is 3.51. The molecule has 0 saturated carbocycles. The Morgan fingerprint density at radius 3 is 2.83 bits per heavy atom. The van der Waals surface area contributed by atoms with E-state index in [9.17, 15) is 4.79 Å². The maximum atomic E-state index is 11.3. The van der Waals surface area contributed by atoms with Gasteiger partial charge >= 0.3 is 0 Å². The summed E-state index contributed by atoms with van der Waals surface area (Å²) in [4.78, 5) is 23.4. The molecular formula is C16H19N5OS. The van der Waals surface area contributed by atoms with Gasteiger partial charge < -0.3 is 4.90 Å². The van der Waals surface area contributed by atoms with Crippen LogP contribution < -0.4 is 4.90 Å². The Morgan fingerprint density at radius 1 is 1.35 bits per heavy atom. The summed E-state index contributed by atoms with van der Waals surface area (Å²) < 4.78 is 1.79. The largest absolute Gasteiger partial charge is 0.357 e. The van der Waals surface area contributed by atoms with Crippen LogP contribution in [0, 0.1) is 0 Å². The van der Waals surface area contributed by atoms with E-state index in [1.807, 2.05) is 18.6 Å². The summed E-state index contributed by atoms with van der Waals surface area (Å²) in [5, 5.41) is 6.26. The van der Waals surface area contributed by atoms with Crippen LogP contribution in [0.3, 0.4) is 0 Å². The van der Waals surface area contributed by atoms with Crippen molar-refractivity contribution in [3.63, 3.8) is 0 Å². The number of hydrogen-bond acceptors (Lipinski definition) is 6. The second-order valence-corrected chi connectivity index (χ2v) is 6.28. The zero-order chi connectivity index (χ0) is 16.4. The second-order valence-electron chi connectivity index (χ2n) is 5.38. The van der Waals surface area contributed by atoms with Gasteiger partial charge in [-0.2, -0.15) is 5.10 Å². The van der Waals surface area contributed by atoms with Crippen LogP contribution in [0.25, 0.3) is 16.2 Å². The van der Waals surface area contributed by atoms with Crippen molar-refractivity contribution in [3.8, 4) is 11.4 Å².